The Labute approximate surface area is 103 Å². The molecule has 1 fully saturated rings. The lowest BCUT2D eigenvalue weighted by Crippen LogP contribution is -2.32. The Balaban J connectivity index is 2.05. The predicted octanol–water partition coefficient (Wildman–Crippen LogP) is 3.50. The van der Waals surface area contributed by atoms with Crippen LogP contribution in [0.4, 0.5) is 0 Å². The Hall–Kier alpha value is -0.600. The van der Waals surface area contributed by atoms with Gasteiger partial charge in [0.15, 0.2) is 0 Å². The highest BCUT2D eigenvalue weighted by atomic mass is 35.5. The second-order valence-corrected chi connectivity index (χ2v) is 4.98. The molecule has 0 aromatic carbocycles. The zero-order valence-electron chi connectivity index (χ0n) is 9.82. The molecule has 3 heteroatoms. The standard InChI is InChI=1S/C13H19ClN2/c1-11-6-3-2-4-9-16(11)10-12-7-5-8-15-13(12)14/h5,7-8,11H,2-4,6,9-10H2,1H3. The van der Waals surface area contributed by atoms with Crippen LogP contribution in [-0.2, 0) is 6.54 Å². The molecule has 0 saturated carbocycles. The van der Waals surface area contributed by atoms with Gasteiger partial charge in [-0.3, -0.25) is 4.90 Å². The number of rotatable bonds is 2. The number of likely N-dealkylation sites (tertiary alicyclic amines) is 1. The van der Waals surface area contributed by atoms with E-state index in [-0.39, 0.29) is 0 Å². The molecule has 0 N–H and O–H groups in total. The van der Waals surface area contributed by atoms with Gasteiger partial charge in [0, 0.05) is 24.3 Å². The molecular formula is C13H19ClN2. The van der Waals surface area contributed by atoms with Crippen LogP contribution >= 0.6 is 11.6 Å². The van der Waals surface area contributed by atoms with Gasteiger partial charge in [-0.2, -0.15) is 0 Å². The van der Waals surface area contributed by atoms with Crippen molar-refractivity contribution in [3.63, 3.8) is 0 Å². The Morgan fingerprint density at radius 2 is 2.31 bits per heavy atom. The quantitative estimate of drug-likeness (QED) is 0.734. The van der Waals surface area contributed by atoms with Gasteiger partial charge in [-0.1, -0.05) is 30.5 Å². The van der Waals surface area contributed by atoms with E-state index in [0.717, 1.165) is 12.1 Å². The monoisotopic (exact) mass is 238 g/mol. The van der Waals surface area contributed by atoms with Crippen molar-refractivity contribution < 1.29 is 0 Å². The summed E-state index contributed by atoms with van der Waals surface area (Å²) in [6.07, 6.45) is 7.08. The Morgan fingerprint density at radius 1 is 1.44 bits per heavy atom. The van der Waals surface area contributed by atoms with Crippen LogP contribution in [0.1, 0.15) is 38.2 Å². The van der Waals surface area contributed by atoms with Crippen LogP contribution in [-0.4, -0.2) is 22.5 Å². The highest BCUT2D eigenvalue weighted by Gasteiger charge is 2.17. The van der Waals surface area contributed by atoms with Crippen LogP contribution in [0, 0.1) is 0 Å². The number of halogens is 1. The Kier molecular flexibility index (Phi) is 4.19. The van der Waals surface area contributed by atoms with Gasteiger partial charge in [0.2, 0.25) is 0 Å². The van der Waals surface area contributed by atoms with Crippen molar-refractivity contribution in [1.82, 2.24) is 9.88 Å². The average molecular weight is 239 g/mol. The predicted molar refractivity (Wildman–Crippen MR) is 67.6 cm³/mol. The van der Waals surface area contributed by atoms with Crippen molar-refractivity contribution >= 4 is 11.6 Å². The van der Waals surface area contributed by atoms with Crippen LogP contribution in [0.25, 0.3) is 0 Å². The molecule has 1 aliphatic heterocycles. The van der Waals surface area contributed by atoms with E-state index in [2.05, 4.69) is 22.9 Å². The van der Waals surface area contributed by atoms with E-state index in [1.54, 1.807) is 6.20 Å². The highest BCUT2D eigenvalue weighted by Crippen LogP contribution is 2.21. The first-order valence-electron chi connectivity index (χ1n) is 6.11. The van der Waals surface area contributed by atoms with Crippen LogP contribution in [0.5, 0.6) is 0 Å². The molecule has 1 saturated heterocycles. The molecule has 0 radical (unpaired) electrons. The maximum Gasteiger partial charge on any atom is 0.133 e. The van der Waals surface area contributed by atoms with Crippen molar-refractivity contribution in [3.05, 3.63) is 29.0 Å². The lowest BCUT2D eigenvalue weighted by atomic mass is 10.1. The number of hydrogen-bond acceptors (Lipinski definition) is 2. The fraction of sp³-hybridized carbons (Fsp3) is 0.615. The fourth-order valence-corrected chi connectivity index (χ4v) is 2.50. The minimum Gasteiger partial charge on any atom is -0.296 e. The Bertz CT molecular complexity index is 340. The topological polar surface area (TPSA) is 16.1 Å². The lowest BCUT2D eigenvalue weighted by molar-refractivity contribution is 0.205. The SMILES string of the molecule is CC1CCCCCN1Cc1cccnc1Cl. The summed E-state index contributed by atoms with van der Waals surface area (Å²) in [5.41, 5.74) is 1.15. The fourth-order valence-electron chi connectivity index (χ4n) is 2.33. The number of hydrogen-bond donors (Lipinski definition) is 0. The van der Waals surface area contributed by atoms with Gasteiger partial charge in [-0.05, 0) is 32.4 Å². The molecular weight excluding hydrogens is 220 g/mol. The largest absolute Gasteiger partial charge is 0.296 e. The van der Waals surface area contributed by atoms with E-state index in [0.29, 0.717) is 11.2 Å². The van der Waals surface area contributed by atoms with Crippen LogP contribution in [0.15, 0.2) is 18.3 Å². The molecule has 2 nitrogen and oxygen atoms in total. The lowest BCUT2D eigenvalue weighted by Gasteiger charge is -2.27. The zero-order valence-corrected chi connectivity index (χ0v) is 10.6. The molecule has 16 heavy (non-hydrogen) atoms. The van der Waals surface area contributed by atoms with Gasteiger partial charge in [0.25, 0.3) is 0 Å². The average Bonchev–Trinajstić information content (AvgIpc) is 2.48. The molecule has 0 spiro atoms. The van der Waals surface area contributed by atoms with Crippen LogP contribution < -0.4 is 0 Å². The molecule has 1 aliphatic rings. The van der Waals surface area contributed by atoms with Crippen LogP contribution in [0.2, 0.25) is 5.15 Å². The first-order chi connectivity index (χ1) is 7.77. The molecule has 0 amide bonds. The summed E-state index contributed by atoms with van der Waals surface area (Å²) in [5, 5.41) is 0.652. The maximum atomic E-state index is 6.09. The minimum absolute atomic E-state index is 0.652. The van der Waals surface area contributed by atoms with E-state index in [4.69, 9.17) is 11.6 Å². The van der Waals surface area contributed by atoms with E-state index in [1.165, 1.54) is 32.2 Å². The third-order valence-electron chi connectivity index (χ3n) is 3.40. The van der Waals surface area contributed by atoms with Crippen molar-refractivity contribution in [2.75, 3.05) is 6.54 Å². The Morgan fingerprint density at radius 3 is 3.12 bits per heavy atom. The minimum atomic E-state index is 0.652. The highest BCUT2D eigenvalue weighted by molar-refractivity contribution is 6.30. The summed E-state index contributed by atoms with van der Waals surface area (Å²) in [6, 6.07) is 4.70. The molecule has 1 atom stereocenters. The number of pyridine rings is 1. The zero-order chi connectivity index (χ0) is 11.4. The number of nitrogens with zero attached hydrogens (tertiary/aromatic N) is 2. The summed E-state index contributed by atoms with van der Waals surface area (Å²) in [5.74, 6) is 0. The smallest absolute Gasteiger partial charge is 0.133 e. The van der Waals surface area contributed by atoms with Gasteiger partial charge < -0.3 is 0 Å². The van der Waals surface area contributed by atoms with Crippen molar-refractivity contribution in [1.29, 1.82) is 0 Å². The van der Waals surface area contributed by atoms with Gasteiger partial charge in [-0.25, -0.2) is 4.98 Å². The first kappa shape index (κ1) is 11.9. The molecule has 88 valence electrons. The van der Waals surface area contributed by atoms with Gasteiger partial charge >= 0.3 is 0 Å². The molecule has 0 aliphatic carbocycles. The van der Waals surface area contributed by atoms with E-state index in [1.807, 2.05) is 6.07 Å². The van der Waals surface area contributed by atoms with Crippen molar-refractivity contribution in [2.45, 2.75) is 45.2 Å². The first-order valence-corrected chi connectivity index (χ1v) is 6.48. The van der Waals surface area contributed by atoms with Crippen molar-refractivity contribution in [3.8, 4) is 0 Å². The third kappa shape index (κ3) is 2.96. The van der Waals surface area contributed by atoms with Gasteiger partial charge in [0.05, 0.1) is 0 Å². The van der Waals surface area contributed by atoms with E-state index in [9.17, 15) is 0 Å². The molecule has 2 heterocycles. The van der Waals surface area contributed by atoms with E-state index < -0.39 is 0 Å². The summed E-state index contributed by atoms with van der Waals surface area (Å²) in [4.78, 5) is 6.66. The van der Waals surface area contributed by atoms with Gasteiger partial charge in [-0.15, -0.1) is 0 Å². The third-order valence-corrected chi connectivity index (χ3v) is 3.74. The van der Waals surface area contributed by atoms with Crippen LogP contribution in [0.3, 0.4) is 0 Å². The maximum absolute atomic E-state index is 6.09. The molecule has 1 unspecified atom stereocenters. The second kappa shape index (κ2) is 5.65. The number of aromatic nitrogens is 1. The molecule has 1 aromatic rings. The molecule has 2 rings (SSSR count). The summed E-state index contributed by atoms with van der Waals surface area (Å²) < 4.78 is 0. The normalized spacial score (nSPS) is 23.0. The van der Waals surface area contributed by atoms with Gasteiger partial charge in [0.1, 0.15) is 5.15 Å². The molecule has 0 bridgehead atoms. The summed E-state index contributed by atoms with van der Waals surface area (Å²) >= 11 is 6.09. The second-order valence-electron chi connectivity index (χ2n) is 4.62. The molecule has 1 aromatic heterocycles. The summed E-state index contributed by atoms with van der Waals surface area (Å²) in [6.45, 7) is 4.44. The van der Waals surface area contributed by atoms with E-state index >= 15 is 0 Å². The summed E-state index contributed by atoms with van der Waals surface area (Å²) in [7, 11) is 0. The van der Waals surface area contributed by atoms with Crippen molar-refractivity contribution in [2.24, 2.45) is 0 Å².